The lowest BCUT2D eigenvalue weighted by Crippen LogP contribution is -2.33. The van der Waals surface area contributed by atoms with Gasteiger partial charge in [-0.2, -0.15) is 0 Å². The zero-order chi connectivity index (χ0) is 12.0. The van der Waals surface area contributed by atoms with Crippen LogP contribution in [0.2, 0.25) is 0 Å². The molecule has 1 fully saturated rings. The molecule has 3 atom stereocenters. The second-order valence-electron chi connectivity index (χ2n) is 4.94. The van der Waals surface area contributed by atoms with Crippen molar-refractivity contribution in [1.82, 2.24) is 10.6 Å². The molecule has 3 nitrogen and oxygen atoms in total. The number of amides is 1. The van der Waals surface area contributed by atoms with E-state index < -0.39 is 0 Å². The first-order valence-electron chi connectivity index (χ1n) is 6.63. The lowest BCUT2D eigenvalue weighted by atomic mass is 9.93. The third-order valence-corrected chi connectivity index (χ3v) is 4.02. The van der Waals surface area contributed by atoms with E-state index in [1.165, 1.54) is 19.3 Å². The van der Waals surface area contributed by atoms with Crippen molar-refractivity contribution >= 4 is 5.91 Å². The average molecular weight is 226 g/mol. The summed E-state index contributed by atoms with van der Waals surface area (Å²) in [7, 11) is 1.70. The normalized spacial score (nSPS) is 29.3. The van der Waals surface area contributed by atoms with Gasteiger partial charge in [-0.3, -0.25) is 4.79 Å². The zero-order valence-corrected chi connectivity index (χ0v) is 10.9. The van der Waals surface area contributed by atoms with E-state index in [0.29, 0.717) is 12.5 Å². The van der Waals surface area contributed by atoms with Crippen LogP contribution in [0.5, 0.6) is 0 Å². The van der Waals surface area contributed by atoms with Crippen molar-refractivity contribution in [2.24, 2.45) is 11.8 Å². The summed E-state index contributed by atoms with van der Waals surface area (Å²) < 4.78 is 0. The molecule has 0 saturated heterocycles. The third kappa shape index (κ3) is 3.78. The molecule has 0 aromatic rings. The SMILES string of the molecule is CCC1CCC(NCCCC(=O)NC)C1C. The van der Waals surface area contributed by atoms with Gasteiger partial charge in [0.15, 0.2) is 0 Å². The molecule has 1 amide bonds. The molecule has 1 rings (SSSR count). The molecule has 0 heterocycles. The first-order chi connectivity index (χ1) is 7.69. The van der Waals surface area contributed by atoms with Gasteiger partial charge in [-0.05, 0) is 37.6 Å². The summed E-state index contributed by atoms with van der Waals surface area (Å²) >= 11 is 0. The lowest BCUT2D eigenvalue weighted by Gasteiger charge is -2.20. The van der Waals surface area contributed by atoms with Crippen LogP contribution >= 0.6 is 0 Å². The Kier molecular flexibility index (Phi) is 5.81. The van der Waals surface area contributed by atoms with Gasteiger partial charge in [0, 0.05) is 19.5 Å². The molecule has 1 saturated carbocycles. The van der Waals surface area contributed by atoms with Gasteiger partial charge >= 0.3 is 0 Å². The third-order valence-electron chi connectivity index (χ3n) is 4.02. The summed E-state index contributed by atoms with van der Waals surface area (Å²) in [6.07, 6.45) is 5.56. The van der Waals surface area contributed by atoms with Crippen LogP contribution in [0.15, 0.2) is 0 Å². The molecule has 0 aliphatic heterocycles. The second kappa shape index (κ2) is 6.89. The van der Waals surface area contributed by atoms with Crippen LogP contribution in [0.4, 0.5) is 0 Å². The highest BCUT2D eigenvalue weighted by atomic mass is 16.1. The van der Waals surface area contributed by atoms with Crippen molar-refractivity contribution in [3.63, 3.8) is 0 Å². The van der Waals surface area contributed by atoms with Gasteiger partial charge < -0.3 is 10.6 Å². The molecule has 3 unspecified atom stereocenters. The maximum atomic E-state index is 11.0. The molecule has 94 valence electrons. The molecule has 16 heavy (non-hydrogen) atoms. The molecule has 0 aromatic carbocycles. The van der Waals surface area contributed by atoms with Crippen molar-refractivity contribution in [2.45, 2.75) is 52.0 Å². The minimum absolute atomic E-state index is 0.146. The molecular formula is C13H26N2O. The van der Waals surface area contributed by atoms with Crippen LogP contribution in [-0.2, 0) is 4.79 Å². The van der Waals surface area contributed by atoms with Crippen LogP contribution in [-0.4, -0.2) is 25.5 Å². The maximum Gasteiger partial charge on any atom is 0.219 e. The van der Waals surface area contributed by atoms with Gasteiger partial charge in [0.1, 0.15) is 0 Å². The van der Waals surface area contributed by atoms with Crippen LogP contribution in [0.3, 0.4) is 0 Å². The number of carbonyl (C=O) groups is 1. The van der Waals surface area contributed by atoms with Crippen molar-refractivity contribution in [3.8, 4) is 0 Å². The Bertz CT molecular complexity index is 218. The van der Waals surface area contributed by atoms with Gasteiger partial charge in [0.25, 0.3) is 0 Å². The molecular weight excluding hydrogens is 200 g/mol. The van der Waals surface area contributed by atoms with Crippen molar-refractivity contribution in [1.29, 1.82) is 0 Å². The van der Waals surface area contributed by atoms with E-state index in [0.717, 1.165) is 24.8 Å². The summed E-state index contributed by atoms with van der Waals surface area (Å²) in [6, 6.07) is 0.676. The first-order valence-corrected chi connectivity index (χ1v) is 6.63. The van der Waals surface area contributed by atoms with Crippen LogP contribution < -0.4 is 10.6 Å². The minimum Gasteiger partial charge on any atom is -0.359 e. The van der Waals surface area contributed by atoms with Crippen LogP contribution in [0.25, 0.3) is 0 Å². The predicted molar refractivity (Wildman–Crippen MR) is 67.3 cm³/mol. The van der Waals surface area contributed by atoms with E-state index in [2.05, 4.69) is 24.5 Å². The topological polar surface area (TPSA) is 41.1 Å². The first kappa shape index (κ1) is 13.5. The van der Waals surface area contributed by atoms with Gasteiger partial charge in [0.2, 0.25) is 5.91 Å². The zero-order valence-electron chi connectivity index (χ0n) is 10.9. The Morgan fingerprint density at radius 3 is 2.69 bits per heavy atom. The lowest BCUT2D eigenvalue weighted by molar-refractivity contribution is -0.120. The fourth-order valence-corrected chi connectivity index (χ4v) is 2.77. The molecule has 3 heteroatoms. The van der Waals surface area contributed by atoms with Crippen LogP contribution in [0.1, 0.15) is 46.0 Å². The smallest absolute Gasteiger partial charge is 0.219 e. The molecule has 0 bridgehead atoms. The molecule has 0 aromatic heterocycles. The van der Waals surface area contributed by atoms with Gasteiger partial charge in [0.05, 0.1) is 0 Å². The Balaban J connectivity index is 2.12. The van der Waals surface area contributed by atoms with Crippen molar-refractivity contribution < 1.29 is 4.79 Å². The molecule has 0 spiro atoms. The Hall–Kier alpha value is -0.570. The quantitative estimate of drug-likeness (QED) is 0.679. The Morgan fingerprint density at radius 2 is 2.12 bits per heavy atom. The van der Waals surface area contributed by atoms with E-state index >= 15 is 0 Å². The van der Waals surface area contributed by atoms with E-state index in [1.807, 2.05) is 0 Å². The number of carbonyl (C=O) groups excluding carboxylic acids is 1. The van der Waals surface area contributed by atoms with Gasteiger partial charge in [-0.15, -0.1) is 0 Å². The summed E-state index contributed by atoms with van der Waals surface area (Å²) in [4.78, 5) is 11.0. The van der Waals surface area contributed by atoms with E-state index in [1.54, 1.807) is 7.05 Å². The number of hydrogen-bond acceptors (Lipinski definition) is 2. The Morgan fingerprint density at radius 1 is 1.38 bits per heavy atom. The monoisotopic (exact) mass is 226 g/mol. The van der Waals surface area contributed by atoms with E-state index in [-0.39, 0.29) is 5.91 Å². The summed E-state index contributed by atoms with van der Waals surface area (Å²) in [5, 5.41) is 6.25. The van der Waals surface area contributed by atoms with E-state index in [9.17, 15) is 4.79 Å². The van der Waals surface area contributed by atoms with E-state index in [4.69, 9.17) is 0 Å². The summed E-state index contributed by atoms with van der Waals surface area (Å²) in [5.74, 6) is 1.84. The van der Waals surface area contributed by atoms with Gasteiger partial charge in [-0.1, -0.05) is 20.3 Å². The molecule has 2 N–H and O–H groups in total. The van der Waals surface area contributed by atoms with Crippen molar-refractivity contribution in [3.05, 3.63) is 0 Å². The number of hydrogen-bond donors (Lipinski definition) is 2. The highest BCUT2D eigenvalue weighted by Crippen LogP contribution is 2.33. The average Bonchev–Trinajstić information content (AvgIpc) is 2.65. The fraction of sp³-hybridized carbons (Fsp3) is 0.923. The molecule has 1 aliphatic rings. The number of nitrogens with one attached hydrogen (secondary N) is 2. The fourth-order valence-electron chi connectivity index (χ4n) is 2.77. The van der Waals surface area contributed by atoms with Crippen molar-refractivity contribution in [2.75, 3.05) is 13.6 Å². The highest BCUT2D eigenvalue weighted by Gasteiger charge is 2.30. The maximum absolute atomic E-state index is 11.0. The highest BCUT2D eigenvalue weighted by molar-refractivity contribution is 5.75. The van der Waals surface area contributed by atoms with Gasteiger partial charge in [-0.25, -0.2) is 0 Å². The second-order valence-corrected chi connectivity index (χ2v) is 4.94. The standard InChI is InChI=1S/C13H26N2O/c1-4-11-7-8-12(10(11)2)15-9-5-6-13(16)14-3/h10-12,15H,4-9H2,1-3H3,(H,14,16). The minimum atomic E-state index is 0.146. The summed E-state index contributed by atoms with van der Waals surface area (Å²) in [6.45, 7) is 5.62. The largest absolute Gasteiger partial charge is 0.359 e. The predicted octanol–water partition coefficient (Wildman–Crippen LogP) is 1.93. The van der Waals surface area contributed by atoms with Crippen LogP contribution in [0, 0.1) is 11.8 Å². The molecule has 1 aliphatic carbocycles. The molecule has 0 radical (unpaired) electrons. The number of rotatable bonds is 6. The summed E-state index contributed by atoms with van der Waals surface area (Å²) in [5.41, 5.74) is 0. The Labute approximate surface area is 99.4 Å².